The zero-order valence-electron chi connectivity index (χ0n) is 11.6. The van der Waals surface area contributed by atoms with Crippen LogP contribution in [0.5, 0.6) is 0 Å². The highest BCUT2D eigenvalue weighted by Gasteiger charge is 2.23. The van der Waals surface area contributed by atoms with E-state index >= 15 is 0 Å². The van der Waals surface area contributed by atoms with E-state index in [-0.39, 0.29) is 4.90 Å². The molecule has 0 unspecified atom stereocenters. The first-order valence-corrected chi connectivity index (χ1v) is 7.90. The van der Waals surface area contributed by atoms with Crippen LogP contribution in [0, 0.1) is 0 Å². The molecule has 0 aliphatic rings. The van der Waals surface area contributed by atoms with E-state index in [4.69, 9.17) is 5.73 Å². The van der Waals surface area contributed by atoms with Gasteiger partial charge in [0.15, 0.2) is 0 Å². The second kappa shape index (κ2) is 6.73. The Hall–Kier alpha value is -1.33. The van der Waals surface area contributed by atoms with Gasteiger partial charge in [0.1, 0.15) is 0 Å². The molecule has 106 valence electrons. The third kappa shape index (κ3) is 3.58. The summed E-state index contributed by atoms with van der Waals surface area (Å²) in [7, 11) is -3.49. The van der Waals surface area contributed by atoms with Gasteiger partial charge >= 0.3 is 0 Å². The average molecular weight is 282 g/mol. The molecule has 0 fully saturated rings. The van der Waals surface area contributed by atoms with E-state index in [1.54, 1.807) is 24.3 Å². The molecule has 0 aliphatic carbocycles. The van der Waals surface area contributed by atoms with E-state index in [1.165, 1.54) is 4.31 Å². The highest BCUT2D eigenvalue weighted by molar-refractivity contribution is 7.89. The largest absolute Gasteiger partial charge is 0.398 e. The molecular weight excluding hydrogens is 260 g/mol. The van der Waals surface area contributed by atoms with Crippen LogP contribution in [-0.4, -0.2) is 25.8 Å². The zero-order valence-corrected chi connectivity index (χ0v) is 12.4. The lowest BCUT2D eigenvalue weighted by atomic mass is 10.1. The number of aryl methyl sites for hydroxylation is 1. The molecule has 4 nitrogen and oxygen atoms in total. The summed E-state index contributed by atoms with van der Waals surface area (Å²) < 4.78 is 26.4. The lowest BCUT2D eigenvalue weighted by Gasteiger charge is -2.20. The highest BCUT2D eigenvalue weighted by Crippen LogP contribution is 2.21. The van der Waals surface area contributed by atoms with Crippen molar-refractivity contribution in [2.45, 2.75) is 31.6 Å². The number of nitrogens with two attached hydrogens (primary N) is 1. The average Bonchev–Trinajstić information content (AvgIpc) is 2.38. The van der Waals surface area contributed by atoms with Crippen LogP contribution in [0.25, 0.3) is 0 Å². The van der Waals surface area contributed by atoms with Gasteiger partial charge in [0.25, 0.3) is 0 Å². The number of hydrogen-bond acceptors (Lipinski definition) is 3. The van der Waals surface area contributed by atoms with Crippen LogP contribution in [0.1, 0.15) is 25.8 Å². The first kappa shape index (κ1) is 15.7. The summed E-state index contributed by atoms with van der Waals surface area (Å²) in [5, 5.41) is 0. The lowest BCUT2D eigenvalue weighted by molar-refractivity contribution is 0.441. The van der Waals surface area contributed by atoms with Crippen molar-refractivity contribution in [1.29, 1.82) is 0 Å². The third-order valence-corrected chi connectivity index (χ3v) is 4.80. The summed E-state index contributed by atoms with van der Waals surface area (Å²) >= 11 is 0. The molecule has 1 aromatic rings. The van der Waals surface area contributed by atoms with Gasteiger partial charge in [-0.25, -0.2) is 8.42 Å². The van der Waals surface area contributed by atoms with Crippen LogP contribution < -0.4 is 5.73 Å². The normalized spacial score (nSPS) is 11.7. The van der Waals surface area contributed by atoms with Gasteiger partial charge in [-0.3, -0.25) is 0 Å². The maximum Gasteiger partial charge on any atom is 0.243 e. The van der Waals surface area contributed by atoms with Gasteiger partial charge < -0.3 is 5.73 Å². The minimum absolute atomic E-state index is 0.248. The molecule has 0 atom stereocenters. The van der Waals surface area contributed by atoms with Crippen molar-refractivity contribution >= 4 is 15.7 Å². The Morgan fingerprint density at radius 2 is 2.05 bits per heavy atom. The molecular formula is C14H22N2O2S. The maximum atomic E-state index is 12.5. The minimum Gasteiger partial charge on any atom is -0.398 e. The minimum atomic E-state index is -3.49. The Balaban J connectivity index is 3.17. The molecule has 0 heterocycles. The van der Waals surface area contributed by atoms with Gasteiger partial charge in [-0.05, 0) is 30.5 Å². The lowest BCUT2D eigenvalue weighted by Crippen LogP contribution is -2.32. The number of anilines is 1. The molecule has 0 radical (unpaired) electrons. The second-order valence-corrected chi connectivity index (χ2v) is 6.30. The second-order valence-electron chi connectivity index (χ2n) is 4.37. The molecule has 0 saturated heterocycles. The Labute approximate surface area is 116 Å². The monoisotopic (exact) mass is 282 g/mol. The summed E-state index contributed by atoms with van der Waals surface area (Å²) in [6, 6.07) is 4.94. The fourth-order valence-corrected chi connectivity index (χ4v) is 3.45. The van der Waals surface area contributed by atoms with Crippen LogP contribution >= 0.6 is 0 Å². The summed E-state index contributed by atoms with van der Waals surface area (Å²) in [6.45, 7) is 8.32. The molecule has 0 saturated carbocycles. The highest BCUT2D eigenvalue weighted by atomic mass is 32.2. The Kier molecular flexibility index (Phi) is 5.57. The van der Waals surface area contributed by atoms with Crippen molar-refractivity contribution in [2.75, 3.05) is 18.8 Å². The topological polar surface area (TPSA) is 63.4 Å². The first-order chi connectivity index (χ1) is 8.97. The Bertz CT molecular complexity index is 538. The first-order valence-electron chi connectivity index (χ1n) is 6.46. The van der Waals surface area contributed by atoms with Gasteiger partial charge in [-0.15, -0.1) is 6.58 Å². The van der Waals surface area contributed by atoms with Gasteiger partial charge in [0, 0.05) is 18.8 Å². The number of hydrogen-bond donors (Lipinski definition) is 1. The van der Waals surface area contributed by atoms with Crippen LogP contribution in [-0.2, 0) is 16.4 Å². The Morgan fingerprint density at radius 1 is 1.37 bits per heavy atom. The van der Waals surface area contributed by atoms with E-state index in [1.807, 2.05) is 13.8 Å². The van der Waals surface area contributed by atoms with Gasteiger partial charge in [0.05, 0.1) is 4.90 Å². The smallest absolute Gasteiger partial charge is 0.243 e. The van der Waals surface area contributed by atoms with E-state index in [9.17, 15) is 8.42 Å². The molecule has 5 heteroatoms. The summed E-state index contributed by atoms with van der Waals surface area (Å²) in [6.07, 6.45) is 3.14. The molecule has 0 bridgehead atoms. The molecule has 2 N–H and O–H groups in total. The number of nitrogen functional groups attached to an aromatic ring is 1. The van der Waals surface area contributed by atoms with Crippen molar-refractivity contribution in [2.24, 2.45) is 0 Å². The number of rotatable bonds is 7. The van der Waals surface area contributed by atoms with Crippen molar-refractivity contribution in [3.8, 4) is 0 Å². The SMILES string of the molecule is C=CCN(CCC)S(=O)(=O)c1ccc(CC)c(N)c1. The molecule has 1 aromatic carbocycles. The predicted octanol–water partition coefficient (Wildman–Crippen LogP) is 2.42. The summed E-state index contributed by atoms with van der Waals surface area (Å²) in [4.78, 5) is 0.248. The molecule has 0 aliphatic heterocycles. The predicted molar refractivity (Wildman–Crippen MR) is 79.5 cm³/mol. The third-order valence-electron chi connectivity index (χ3n) is 2.94. The molecule has 19 heavy (non-hydrogen) atoms. The van der Waals surface area contributed by atoms with Crippen LogP contribution in [0.3, 0.4) is 0 Å². The number of nitrogens with zero attached hydrogens (tertiary/aromatic N) is 1. The summed E-state index contributed by atoms with van der Waals surface area (Å²) in [5.74, 6) is 0. The van der Waals surface area contributed by atoms with Crippen molar-refractivity contribution in [1.82, 2.24) is 4.31 Å². The van der Waals surface area contributed by atoms with Gasteiger partial charge in [-0.1, -0.05) is 26.0 Å². The van der Waals surface area contributed by atoms with Gasteiger partial charge in [0.2, 0.25) is 10.0 Å². The van der Waals surface area contributed by atoms with Crippen LogP contribution in [0.2, 0.25) is 0 Å². The van der Waals surface area contributed by atoms with E-state index in [0.717, 1.165) is 18.4 Å². The maximum absolute atomic E-state index is 12.5. The van der Waals surface area contributed by atoms with Crippen molar-refractivity contribution in [3.63, 3.8) is 0 Å². The standard InChI is InChI=1S/C14H22N2O2S/c1-4-9-16(10-5-2)19(17,18)13-8-7-12(6-3)14(15)11-13/h4,7-8,11H,1,5-6,9-10,15H2,2-3H3. The van der Waals surface area contributed by atoms with Crippen molar-refractivity contribution in [3.05, 3.63) is 36.4 Å². The van der Waals surface area contributed by atoms with E-state index in [2.05, 4.69) is 6.58 Å². The van der Waals surface area contributed by atoms with Gasteiger partial charge in [-0.2, -0.15) is 4.31 Å². The molecule has 0 aromatic heterocycles. The quantitative estimate of drug-likeness (QED) is 0.617. The van der Waals surface area contributed by atoms with Crippen LogP contribution in [0.15, 0.2) is 35.7 Å². The Morgan fingerprint density at radius 3 is 2.53 bits per heavy atom. The fraction of sp³-hybridized carbons (Fsp3) is 0.429. The van der Waals surface area contributed by atoms with E-state index in [0.29, 0.717) is 18.8 Å². The number of sulfonamides is 1. The zero-order chi connectivity index (χ0) is 14.5. The van der Waals surface area contributed by atoms with E-state index < -0.39 is 10.0 Å². The fourth-order valence-electron chi connectivity index (χ4n) is 1.91. The summed E-state index contributed by atoms with van der Waals surface area (Å²) in [5.41, 5.74) is 7.36. The number of benzene rings is 1. The molecule has 0 spiro atoms. The molecule has 0 amide bonds. The molecule has 1 rings (SSSR count). The van der Waals surface area contributed by atoms with Crippen LogP contribution in [0.4, 0.5) is 5.69 Å². The van der Waals surface area contributed by atoms with Crippen molar-refractivity contribution < 1.29 is 8.42 Å².